The summed E-state index contributed by atoms with van der Waals surface area (Å²) in [4.78, 5) is 11.6. The maximum atomic E-state index is 11.6. The molecular weight excluding hydrogens is 190 g/mol. The quantitative estimate of drug-likeness (QED) is 0.755. The number of carbonyl (C=O) groups excluding carboxylic acids is 1. The van der Waals surface area contributed by atoms with Crippen LogP contribution in [0.15, 0.2) is 12.1 Å². The maximum Gasteiger partial charge on any atom is 0.240 e. The predicted molar refractivity (Wildman–Crippen MR) is 58.1 cm³/mol. The number of hydrogen-bond donors (Lipinski definition) is 2. The molecule has 82 valence electrons. The van der Waals surface area contributed by atoms with Crippen LogP contribution in [0.3, 0.4) is 0 Å². The Morgan fingerprint density at radius 1 is 1.60 bits per heavy atom. The van der Waals surface area contributed by atoms with Crippen LogP contribution >= 0.6 is 0 Å². The lowest BCUT2D eigenvalue weighted by Crippen LogP contribution is -2.42. The molecule has 4 heteroatoms. The Labute approximate surface area is 89.5 Å². The molecule has 0 unspecified atom stereocenters. The molecule has 0 saturated heterocycles. The predicted octanol–water partition coefficient (Wildman–Crippen LogP) is 0.441. The van der Waals surface area contributed by atoms with Gasteiger partial charge in [0.15, 0.2) is 0 Å². The lowest BCUT2D eigenvalue weighted by molar-refractivity contribution is -0.123. The van der Waals surface area contributed by atoms with Crippen LogP contribution in [0.1, 0.15) is 24.2 Å². The standard InChI is InChI=1S/C11H17N3O/c1-8-3-4-9(14(8)2)7-13-10(15)11(12)5-6-11/h3-4H,5-7,12H2,1-2H3,(H,13,15). The van der Waals surface area contributed by atoms with Crippen LogP contribution in [0, 0.1) is 6.92 Å². The van der Waals surface area contributed by atoms with Crippen molar-refractivity contribution >= 4 is 5.91 Å². The number of nitrogens with one attached hydrogen (secondary N) is 1. The lowest BCUT2D eigenvalue weighted by atomic mass is 10.2. The lowest BCUT2D eigenvalue weighted by Gasteiger charge is -2.11. The van der Waals surface area contributed by atoms with E-state index in [1.54, 1.807) is 0 Å². The number of hydrogen-bond acceptors (Lipinski definition) is 2. The molecule has 0 atom stereocenters. The Bertz CT molecular complexity index is 391. The minimum atomic E-state index is -0.569. The summed E-state index contributed by atoms with van der Waals surface area (Å²) in [5.74, 6) is -0.0265. The van der Waals surface area contributed by atoms with Crippen molar-refractivity contribution in [1.29, 1.82) is 0 Å². The molecule has 1 heterocycles. The Hall–Kier alpha value is -1.29. The zero-order valence-electron chi connectivity index (χ0n) is 9.21. The highest BCUT2D eigenvalue weighted by Gasteiger charge is 2.45. The summed E-state index contributed by atoms with van der Waals surface area (Å²) in [6.45, 7) is 2.60. The van der Waals surface area contributed by atoms with Crippen molar-refractivity contribution in [3.05, 3.63) is 23.5 Å². The van der Waals surface area contributed by atoms with E-state index < -0.39 is 5.54 Å². The number of nitrogens with two attached hydrogens (primary N) is 1. The monoisotopic (exact) mass is 207 g/mol. The van der Waals surface area contributed by atoms with Crippen molar-refractivity contribution in [2.75, 3.05) is 0 Å². The molecule has 1 aliphatic carbocycles. The van der Waals surface area contributed by atoms with Crippen LogP contribution in [0.4, 0.5) is 0 Å². The number of nitrogens with zero attached hydrogens (tertiary/aromatic N) is 1. The second-order valence-corrected chi connectivity index (χ2v) is 4.36. The Kier molecular flexibility index (Phi) is 2.31. The second kappa shape index (κ2) is 3.38. The molecule has 1 aliphatic rings. The van der Waals surface area contributed by atoms with Gasteiger partial charge in [-0.1, -0.05) is 0 Å². The third kappa shape index (κ3) is 1.90. The molecule has 0 spiro atoms. The van der Waals surface area contributed by atoms with E-state index >= 15 is 0 Å². The molecular formula is C11H17N3O. The molecule has 0 aliphatic heterocycles. The summed E-state index contributed by atoms with van der Waals surface area (Å²) >= 11 is 0. The molecule has 4 nitrogen and oxygen atoms in total. The van der Waals surface area contributed by atoms with E-state index in [4.69, 9.17) is 5.73 Å². The number of rotatable bonds is 3. The molecule has 1 aromatic heterocycles. The molecule has 0 radical (unpaired) electrons. The van der Waals surface area contributed by atoms with Crippen molar-refractivity contribution in [1.82, 2.24) is 9.88 Å². The van der Waals surface area contributed by atoms with Crippen molar-refractivity contribution in [3.8, 4) is 0 Å². The number of aromatic nitrogens is 1. The van der Waals surface area contributed by atoms with Crippen LogP contribution < -0.4 is 11.1 Å². The van der Waals surface area contributed by atoms with E-state index in [1.165, 1.54) is 5.69 Å². The third-order valence-electron chi connectivity index (χ3n) is 3.15. The third-order valence-corrected chi connectivity index (χ3v) is 3.15. The highest BCUT2D eigenvalue weighted by atomic mass is 16.2. The number of amides is 1. The van der Waals surface area contributed by atoms with E-state index in [0.717, 1.165) is 18.5 Å². The maximum absolute atomic E-state index is 11.6. The zero-order chi connectivity index (χ0) is 11.1. The highest BCUT2D eigenvalue weighted by molar-refractivity contribution is 5.88. The summed E-state index contributed by atoms with van der Waals surface area (Å²) in [5, 5.41) is 2.87. The van der Waals surface area contributed by atoms with Gasteiger partial charge in [-0.25, -0.2) is 0 Å². The fourth-order valence-corrected chi connectivity index (χ4v) is 1.55. The summed E-state index contributed by atoms with van der Waals surface area (Å²) in [6, 6.07) is 4.06. The molecule has 1 saturated carbocycles. The molecule has 1 amide bonds. The van der Waals surface area contributed by atoms with Gasteiger partial charge in [0.25, 0.3) is 0 Å². The average molecular weight is 207 g/mol. The van der Waals surface area contributed by atoms with Gasteiger partial charge in [-0.05, 0) is 31.9 Å². The Morgan fingerprint density at radius 3 is 2.73 bits per heavy atom. The van der Waals surface area contributed by atoms with E-state index in [-0.39, 0.29) is 5.91 Å². The molecule has 1 aromatic rings. The first-order valence-corrected chi connectivity index (χ1v) is 5.21. The Balaban J connectivity index is 1.93. The molecule has 1 fully saturated rings. The van der Waals surface area contributed by atoms with E-state index in [0.29, 0.717) is 6.54 Å². The average Bonchev–Trinajstić information content (AvgIpc) is 2.88. The van der Waals surface area contributed by atoms with Gasteiger partial charge >= 0.3 is 0 Å². The molecule has 3 N–H and O–H groups in total. The molecule has 2 rings (SSSR count). The van der Waals surface area contributed by atoms with Crippen LogP contribution in [0.2, 0.25) is 0 Å². The number of carbonyl (C=O) groups is 1. The molecule has 0 bridgehead atoms. The van der Waals surface area contributed by atoms with Crippen molar-refractivity contribution < 1.29 is 4.79 Å². The van der Waals surface area contributed by atoms with E-state index in [9.17, 15) is 4.79 Å². The fourth-order valence-electron chi connectivity index (χ4n) is 1.55. The van der Waals surface area contributed by atoms with Crippen molar-refractivity contribution in [2.24, 2.45) is 12.8 Å². The van der Waals surface area contributed by atoms with Crippen LogP contribution in [-0.4, -0.2) is 16.0 Å². The van der Waals surface area contributed by atoms with Crippen LogP contribution in [0.5, 0.6) is 0 Å². The summed E-state index contributed by atoms with van der Waals surface area (Å²) in [5.41, 5.74) is 7.50. The van der Waals surface area contributed by atoms with Crippen LogP contribution in [-0.2, 0) is 18.4 Å². The van der Waals surface area contributed by atoms with Gasteiger partial charge in [0.1, 0.15) is 0 Å². The smallest absolute Gasteiger partial charge is 0.240 e. The van der Waals surface area contributed by atoms with E-state index in [2.05, 4.69) is 9.88 Å². The summed E-state index contributed by atoms with van der Waals surface area (Å²) in [6.07, 6.45) is 1.62. The highest BCUT2D eigenvalue weighted by Crippen LogP contribution is 2.32. The topological polar surface area (TPSA) is 60.1 Å². The first-order chi connectivity index (χ1) is 7.03. The molecule has 0 aromatic carbocycles. The first-order valence-electron chi connectivity index (χ1n) is 5.21. The number of aryl methyl sites for hydroxylation is 1. The molecule has 15 heavy (non-hydrogen) atoms. The van der Waals surface area contributed by atoms with Gasteiger partial charge in [0, 0.05) is 18.4 Å². The fraction of sp³-hybridized carbons (Fsp3) is 0.545. The second-order valence-electron chi connectivity index (χ2n) is 4.36. The van der Waals surface area contributed by atoms with Gasteiger partial charge in [0.05, 0.1) is 12.1 Å². The van der Waals surface area contributed by atoms with Gasteiger partial charge in [-0.3, -0.25) is 4.79 Å². The van der Waals surface area contributed by atoms with Gasteiger partial charge in [-0.2, -0.15) is 0 Å². The van der Waals surface area contributed by atoms with Crippen molar-refractivity contribution in [2.45, 2.75) is 31.8 Å². The normalized spacial score (nSPS) is 17.5. The largest absolute Gasteiger partial charge is 0.350 e. The first kappa shape index (κ1) is 10.2. The van der Waals surface area contributed by atoms with Crippen molar-refractivity contribution in [3.63, 3.8) is 0 Å². The van der Waals surface area contributed by atoms with Gasteiger partial charge in [0.2, 0.25) is 5.91 Å². The van der Waals surface area contributed by atoms with E-state index in [1.807, 2.05) is 26.1 Å². The summed E-state index contributed by atoms with van der Waals surface area (Å²) < 4.78 is 2.07. The minimum absolute atomic E-state index is 0.0265. The van der Waals surface area contributed by atoms with Crippen LogP contribution in [0.25, 0.3) is 0 Å². The zero-order valence-corrected chi connectivity index (χ0v) is 9.21. The summed E-state index contributed by atoms with van der Waals surface area (Å²) in [7, 11) is 1.99. The minimum Gasteiger partial charge on any atom is -0.350 e. The van der Waals surface area contributed by atoms with Gasteiger partial charge < -0.3 is 15.6 Å². The van der Waals surface area contributed by atoms with Gasteiger partial charge in [-0.15, -0.1) is 0 Å². The Morgan fingerprint density at radius 2 is 2.27 bits per heavy atom. The SMILES string of the molecule is Cc1ccc(CNC(=O)C2(N)CC2)n1C.